The Bertz CT molecular complexity index is 364. The van der Waals surface area contributed by atoms with Gasteiger partial charge in [0, 0.05) is 25.7 Å². The van der Waals surface area contributed by atoms with Gasteiger partial charge in [-0.1, -0.05) is 12.1 Å². The van der Waals surface area contributed by atoms with Crippen molar-refractivity contribution in [3.63, 3.8) is 0 Å². The molecule has 1 aromatic carbocycles. The number of piperidine rings is 1. The SMILES string of the molecule is COc1ccc(CN2C[C@@H]3C(N)[C@@H]3C2)cc1. The summed E-state index contributed by atoms with van der Waals surface area (Å²) in [6.07, 6.45) is 0. The normalized spacial score (nSPS) is 32.5. The van der Waals surface area contributed by atoms with Crippen LogP contribution in [0.1, 0.15) is 5.56 Å². The number of hydrogen-bond acceptors (Lipinski definition) is 3. The second-order valence-corrected chi connectivity index (χ2v) is 4.95. The summed E-state index contributed by atoms with van der Waals surface area (Å²) in [7, 11) is 1.70. The fourth-order valence-corrected chi connectivity index (χ4v) is 2.78. The molecular formula is C13H18N2O. The van der Waals surface area contributed by atoms with Crippen LogP contribution in [0.2, 0.25) is 0 Å². The molecule has 86 valence electrons. The molecule has 0 radical (unpaired) electrons. The van der Waals surface area contributed by atoms with Crippen molar-refractivity contribution < 1.29 is 4.74 Å². The smallest absolute Gasteiger partial charge is 0.118 e. The highest BCUT2D eigenvalue weighted by atomic mass is 16.5. The van der Waals surface area contributed by atoms with Crippen LogP contribution in [0.5, 0.6) is 5.75 Å². The number of benzene rings is 1. The van der Waals surface area contributed by atoms with Gasteiger partial charge in [-0.25, -0.2) is 0 Å². The van der Waals surface area contributed by atoms with Crippen LogP contribution in [0.3, 0.4) is 0 Å². The number of likely N-dealkylation sites (tertiary alicyclic amines) is 1. The van der Waals surface area contributed by atoms with Gasteiger partial charge in [-0.15, -0.1) is 0 Å². The fraction of sp³-hybridized carbons (Fsp3) is 0.538. The third kappa shape index (κ3) is 1.70. The van der Waals surface area contributed by atoms with Crippen molar-refractivity contribution in [1.29, 1.82) is 0 Å². The van der Waals surface area contributed by atoms with E-state index in [9.17, 15) is 0 Å². The quantitative estimate of drug-likeness (QED) is 0.825. The third-order valence-corrected chi connectivity index (χ3v) is 3.90. The van der Waals surface area contributed by atoms with Crippen LogP contribution in [0.25, 0.3) is 0 Å². The van der Waals surface area contributed by atoms with Crippen molar-refractivity contribution in [2.24, 2.45) is 17.6 Å². The Balaban J connectivity index is 1.58. The molecule has 3 nitrogen and oxygen atoms in total. The molecule has 1 saturated carbocycles. The molecule has 1 aromatic rings. The van der Waals surface area contributed by atoms with Crippen molar-refractivity contribution >= 4 is 0 Å². The fourth-order valence-electron chi connectivity index (χ4n) is 2.78. The molecule has 0 amide bonds. The van der Waals surface area contributed by atoms with E-state index >= 15 is 0 Å². The lowest BCUT2D eigenvalue weighted by Gasteiger charge is -2.18. The lowest BCUT2D eigenvalue weighted by molar-refractivity contribution is 0.290. The molecule has 1 heterocycles. The van der Waals surface area contributed by atoms with Crippen LogP contribution in [0, 0.1) is 11.8 Å². The standard InChI is InChI=1S/C13H18N2O/c1-16-10-4-2-9(3-5-10)6-15-7-11-12(8-15)13(11)14/h2-5,11-13H,6-8,14H2,1H3/t11-,12+,13?. The summed E-state index contributed by atoms with van der Waals surface area (Å²) in [5.74, 6) is 2.48. The predicted octanol–water partition coefficient (Wildman–Crippen LogP) is 1.08. The van der Waals surface area contributed by atoms with E-state index in [1.54, 1.807) is 7.11 Å². The maximum Gasteiger partial charge on any atom is 0.118 e. The zero-order chi connectivity index (χ0) is 11.1. The average molecular weight is 218 g/mol. The Morgan fingerprint density at radius 1 is 1.25 bits per heavy atom. The first-order chi connectivity index (χ1) is 7.78. The van der Waals surface area contributed by atoms with E-state index in [4.69, 9.17) is 10.5 Å². The second kappa shape index (κ2) is 3.75. The summed E-state index contributed by atoms with van der Waals surface area (Å²) in [4.78, 5) is 2.50. The lowest BCUT2D eigenvalue weighted by atomic mass is 10.2. The minimum Gasteiger partial charge on any atom is -0.497 e. The molecule has 16 heavy (non-hydrogen) atoms. The third-order valence-electron chi connectivity index (χ3n) is 3.90. The van der Waals surface area contributed by atoms with Crippen LogP contribution in [-0.2, 0) is 6.54 Å². The van der Waals surface area contributed by atoms with Gasteiger partial charge in [-0.3, -0.25) is 4.90 Å². The van der Waals surface area contributed by atoms with Crippen molar-refractivity contribution in [3.8, 4) is 5.75 Å². The number of nitrogens with zero attached hydrogens (tertiary/aromatic N) is 1. The highest BCUT2D eigenvalue weighted by molar-refractivity contribution is 5.27. The van der Waals surface area contributed by atoms with Crippen LogP contribution in [-0.4, -0.2) is 31.1 Å². The zero-order valence-electron chi connectivity index (χ0n) is 9.60. The maximum atomic E-state index is 5.92. The Hall–Kier alpha value is -1.06. The van der Waals surface area contributed by atoms with Crippen LogP contribution < -0.4 is 10.5 Å². The van der Waals surface area contributed by atoms with Gasteiger partial charge in [0.2, 0.25) is 0 Å². The average Bonchev–Trinajstić information content (AvgIpc) is 2.77. The zero-order valence-corrected chi connectivity index (χ0v) is 9.60. The lowest BCUT2D eigenvalue weighted by Crippen LogP contribution is -2.27. The predicted molar refractivity (Wildman–Crippen MR) is 63.2 cm³/mol. The first-order valence-corrected chi connectivity index (χ1v) is 5.89. The van der Waals surface area contributed by atoms with Crippen LogP contribution in [0.4, 0.5) is 0 Å². The van der Waals surface area contributed by atoms with E-state index in [1.807, 2.05) is 12.1 Å². The van der Waals surface area contributed by atoms with Crippen LogP contribution >= 0.6 is 0 Å². The highest BCUT2D eigenvalue weighted by Gasteiger charge is 2.53. The monoisotopic (exact) mass is 218 g/mol. The minimum absolute atomic E-state index is 0.493. The Morgan fingerprint density at radius 2 is 1.88 bits per heavy atom. The molecule has 1 unspecified atom stereocenters. The number of rotatable bonds is 3. The number of hydrogen-bond donors (Lipinski definition) is 1. The number of ether oxygens (including phenoxy) is 1. The molecule has 3 heteroatoms. The largest absolute Gasteiger partial charge is 0.497 e. The Kier molecular flexibility index (Phi) is 2.37. The van der Waals surface area contributed by atoms with Crippen molar-refractivity contribution in [3.05, 3.63) is 29.8 Å². The summed E-state index contributed by atoms with van der Waals surface area (Å²) in [5, 5.41) is 0. The van der Waals surface area contributed by atoms with Gasteiger partial charge in [0.25, 0.3) is 0 Å². The summed E-state index contributed by atoms with van der Waals surface area (Å²) >= 11 is 0. The van der Waals surface area contributed by atoms with Gasteiger partial charge in [0.05, 0.1) is 7.11 Å². The van der Waals surface area contributed by atoms with E-state index in [0.717, 1.165) is 24.1 Å². The summed E-state index contributed by atoms with van der Waals surface area (Å²) in [6.45, 7) is 3.40. The molecule has 2 aliphatic rings. The molecule has 0 bridgehead atoms. The van der Waals surface area contributed by atoms with Crippen LogP contribution in [0.15, 0.2) is 24.3 Å². The Labute approximate surface area is 96.2 Å². The van der Waals surface area contributed by atoms with Crippen molar-refractivity contribution in [1.82, 2.24) is 4.90 Å². The molecule has 1 aliphatic heterocycles. The molecule has 2 fully saturated rings. The second-order valence-electron chi connectivity index (χ2n) is 4.95. The molecule has 1 saturated heterocycles. The van der Waals surface area contributed by atoms with Gasteiger partial charge in [0.1, 0.15) is 5.75 Å². The first kappa shape index (κ1) is 10.1. The highest BCUT2D eigenvalue weighted by Crippen LogP contribution is 2.44. The van der Waals surface area contributed by atoms with E-state index < -0.39 is 0 Å². The summed E-state index contributed by atoms with van der Waals surface area (Å²) in [5.41, 5.74) is 7.28. The van der Waals surface area contributed by atoms with Gasteiger partial charge >= 0.3 is 0 Å². The van der Waals surface area contributed by atoms with Crippen molar-refractivity contribution in [2.75, 3.05) is 20.2 Å². The van der Waals surface area contributed by atoms with Gasteiger partial charge in [-0.2, -0.15) is 0 Å². The van der Waals surface area contributed by atoms with Gasteiger partial charge in [0.15, 0.2) is 0 Å². The van der Waals surface area contributed by atoms with Gasteiger partial charge in [-0.05, 0) is 29.5 Å². The molecule has 2 N–H and O–H groups in total. The van der Waals surface area contributed by atoms with E-state index in [-0.39, 0.29) is 0 Å². The molecule has 0 aromatic heterocycles. The minimum atomic E-state index is 0.493. The van der Waals surface area contributed by atoms with E-state index in [2.05, 4.69) is 17.0 Å². The summed E-state index contributed by atoms with van der Waals surface area (Å²) in [6, 6.07) is 8.83. The molecule has 3 rings (SSSR count). The van der Waals surface area contributed by atoms with Crippen molar-refractivity contribution in [2.45, 2.75) is 12.6 Å². The van der Waals surface area contributed by atoms with E-state index in [1.165, 1.54) is 18.7 Å². The summed E-state index contributed by atoms with van der Waals surface area (Å²) < 4.78 is 5.15. The molecule has 0 spiro atoms. The van der Waals surface area contributed by atoms with Gasteiger partial charge < -0.3 is 10.5 Å². The molecule has 1 aliphatic carbocycles. The number of methoxy groups -OCH3 is 1. The number of nitrogens with two attached hydrogens (primary N) is 1. The molecular weight excluding hydrogens is 200 g/mol. The maximum absolute atomic E-state index is 5.92. The Morgan fingerprint density at radius 3 is 2.44 bits per heavy atom. The molecule has 3 atom stereocenters. The van der Waals surface area contributed by atoms with E-state index in [0.29, 0.717) is 6.04 Å². The first-order valence-electron chi connectivity index (χ1n) is 5.89. The number of fused-ring (bicyclic) bond motifs is 1. The topological polar surface area (TPSA) is 38.5 Å².